The monoisotopic (exact) mass is 415 g/mol. The molecule has 2 amide bonds. The van der Waals surface area contributed by atoms with Crippen LogP contribution in [0.15, 0.2) is 0 Å². The molecule has 0 aromatic rings. The van der Waals surface area contributed by atoms with Gasteiger partial charge < -0.3 is 37.2 Å². The van der Waals surface area contributed by atoms with Crippen LogP contribution in [0.2, 0.25) is 0 Å². The van der Waals surface area contributed by atoms with Crippen LogP contribution in [0, 0.1) is 0 Å². The van der Waals surface area contributed by atoms with Crippen molar-refractivity contribution in [2.75, 3.05) is 61.4 Å². The van der Waals surface area contributed by atoms with Gasteiger partial charge >= 0.3 is 0 Å². The normalized spacial score (nSPS) is 14.2. The van der Waals surface area contributed by atoms with Crippen LogP contribution >= 0.6 is 0 Å². The zero-order valence-electron chi connectivity index (χ0n) is 19.1. The fourth-order valence-electron chi connectivity index (χ4n) is 3.16. The summed E-state index contributed by atoms with van der Waals surface area (Å²) in [5, 5.41) is 21.6. The Balaban J connectivity index is 4.14. The number of carbonyl (C=O) groups is 2. The van der Waals surface area contributed by atoms with Crippen LogP contribution < -0.4 is 37.2 Å². The molecule has 3 atom stereocenters. The highest BCUT2D eigenvalue weighted by Crippen LogP contribution is 2.00. The molecule has 7 N–H and O–H groups in total. The number of likely N-dealkylation sites (N-methyl/N-ethyl adjacent to an activating group) is 3. The summed E-state index contributed by atoms with van der Waals surface area (Å²) >= 11 is 0. The summed E-state index contributed by atoms with van der Waals surface area (Å²) in [7, 11) is 9.38. The molecule has 0 bridgehead atoms. The Morgan fingerprint density at radius 3 is 1.59 bits per heavy atom. The van der Waals surface area contributed by atoms with Gasteiger partial charge in [-0.05, 0) is 86.9 Å². The van der Waals surface area contributed by atoms with Gasteiger partial charge in [-0.1, -0.05) is 0 Å². The van der Waals surface area contributed by atoms with Crippen LogP contribution in [0.25, 0.3) is 0 Å². The van der Waals surface area contributed by atoms with Gasteiger partial charge in [-0.2, -0.15) is 0 Å². The maximum absolute atomic E-state index is 12.4. The predicted octanol–water partition coefficient (Wildman–Crippen LogP) is -1.24. The highest BCUT2D eigenvalue weighted by atomic mass is 16.2. The van der Waals surface area contributed by atoms with Crippen LogP contribution in [-0.2, 0) is 9.59 Å². The van der Waals surface area contributed by atoms with Crippen molar-refractivity contribution >= 4 is 11.8 Å². The standard InChI is InChI=1S/C20H45N7O2/c1-21-12-6-9-16(23-3)15-27-20(29)18(25-5)11-8-14-26-19(28)17(24-4)10-7-13-22-2/h16-18,21-25H,6-15H2,1-5H3,(H,26,28)(H,27,29)/t16-,17-,18-/m0/s1. The third-order valence-electron chi connectivity index (χ3n) is 5.13. The Labute approximate surface area is 177 Å². The number of carbonyl (C=O) groups excluding carboxylic acids is 2. The Kier molecular flexibility index (Phi) is 17.9. The molecule has 0 aliphatic rings. The van der Waals surface area contributed by atoms with Gasteiger partial charge in [0.2, 0.25) is 11.8 Å². The van der Waals surface area contributed by atoms with E-state index in [4.69, 9.17) is 0 Å². The summed E-state index contributed by atoms with van der Waals surface area (Å²) in [5.74, 6) is 0.0281. The topological polar surface area (TPSA) is 118 Å². The van der Waals surface area contributed by atoms with E-state index in [1.165, 1.54) is 0 Å². The van der Waals surface area contributed by atoms with Crippen LogP contribution in [0.4, 0.5) is 0 Å². The number of nitrogens with one attached hydrogen (secondary N) is 7. The molecule has 9 heteroatoms. The van der Waals surface area contributed by atoms with E-state index in [0.29, 0.717) is 19.5 Å². The quantitative estimate of drug-likeness (QED) is 0.132. The van der Waals surface area contributed by atoms with E-state index in [-0.39, 0.29) is 29.9 Å². The van der Waals surface area contributed by atoms with Gasteiger partial charge in [0.15, 0.2) is 0 Å². The van der Waals surface area contributed by atoms with Gasteiger partial charge in [-0.25, -0.2) is 0 Å². The molecule has 172 valence electrons. The fourth-order valence-corrected chi connectivity index (χ4v) is 3.16. The van der Waals surface area contributed by atoms with Gasteiger partial charge in [0.25, 0.3) is 0 Å². The van der Waals surface area contributed by atoms with Crippen molar-refractivity contribution in [2.24, 2.45) is 0 Å². The van der Waals surface area contributed by atoms with Crippen molar-refractivity contribution in [3.63, 3.8) is 0 Å². The number of amides is 2. The van der Waals surface area contributed by atoms with Gasteiger partial charge in [0, 0.05) is 19.1 Å². The maximum Gasteiger partial charge on any atom is 0.237 e. The molecule has 29 heavy (non-hydrogen) atoms. The Hall–Kier alpha value is -1.26. The average molecular weight is 416 g/mol. The smallest absolute Gasteiger partial charge is 0.237 e. The van der Waals surface area contributed by atoms with Crippen molar-refractivity contribution in [1.82, 2.24) is 37.2 Å². The summed E-state index contributed by atoms with van der Waals surface area (Å²) in [5.41, 5.74) is 0. The highest BCUT2D eigenvalue weighted by molar-refractivity contribution is 5.82. The van der Waals surface area contributed by atoms with Crippen molar-refractivity contribution in [3.8, 4) is 0 Å². The summed E-state index contributed by atoms with van der Waals surface area (Å²) in [6, 6.07) is -0.156. The molecule has 0 aliphatic carbocycles. The second-order valence-corrected chi connectivity index (χ2v) is 7.34. The SMILES string of the molecule is CNCCC[C@@H](CNC(=O)[C@H](CCCNC(=O)[C@H](CCCNC)NC)NC)NC. The molecule has 0 rings (SSSR count). The summed E-state index contributed by atoms with van der Waals surface area (Å²) in [4.78, 5) is 24.7. The Bertz CT molecular complexity index is 424. The van der Waals surface area contributed by atoms with E-state index in [0.717, 1.165) is 45.2 Å². The molecule has 0 aliphatic heterocycles. The lowest BCUT2D eigenvalue weighted by atomic mass is 10.1. The molecule has 0 radical (unpaired) electrons. The fraction of sp³-hybridized carbons (Fsp3) is 0.900. The molecule has 0 aromatic heterocycles. The first kappa shape index (κ1) is 27.7. The van der Waals surface area contributed by atoms with Crippen LogP contribution in [-0.4, -0.2) is 91.4 Å². The lowest BCUT2D eigenvalue weighted by Crippen LogP contribution is -2.47. The van der Waals surface area contributed by atoms with E-state index in [2.05, 4.69) is 37.2 Å². The van der Waals surface area contributed by atoms with E-state index in [1.807, 2.05) is 28.2 Å². The Morgan fingerprint density at radius 2 is 1.10 bits per heavy atom. The van der Waals surface area contributed by atoms with Crippen LogP contribution in [0.5, 0.6) is 0 Å². The molecule has 0 fully saturated rings. The second kappa shape index (κ2) is 18.7. The zero-order valence-corrected chi connectivity index (χ0v) is 19.1. The van der Waals surface area contributed by atoms with E-state index in [1.54, 1.807) is 7.05 Å². The minimum absolute atomic E-state index is 0.00728. The van der Waals surface area contributed by atoms with E-state index in [9.17, 15) is 9.59 Å². The number of hydrogen-bond donors (Lipinski definition) is 7. The predicted molar refractivity (Wildman–Crippen MR) is 120 cm³/mol. The Morgan fingerprint density at radius 1 is 0.621 bits per heavy atom. The van der Waals surface area contributed by atoms with Gasteiger partial charge in [-0.3, -0.25) is 9.59 Å². The van der Waals surface area contributed by atoms with Crippen LogP contribution in [0.1, 0.15) is 38.5 Å². The van der Waals surface area contributed by atoms with Crippen LogP contribution in [0.3, 0.4) is 0 Å². The summed E-state index contributed by atoms with van der Waals surface area (Å²) in [6.07, 6.45) is 5.24. The molecule has 0 aromatic carbocycles. The largest absolute Gasteiger partial charge is 0.355 e. The van der Waals surface area contributed by atoms with E-state index >= 15 is 0 Å². The van der Waals surface area contributed by atoms with Gasteiger partial charge in [0.05, 0.1) is 12.1 Å². The minimum atomic E-state index is -0.252. The molecule has 0 saturated heterocycles. The first-order valence-corrected chi connectivity index (χ1v) is 10.9. The maximum atomic E-state index is 12.4. The zero-order chi connectivity index (χ0) is 21.9. The molecular weight excluding hydrogens is 370 g/mol. The van der Waals surface area contributed by atoms with Crippen molar-refractivity contribution in [2.45, 2.75) is 56.7 Å². The van der Waals surface area contributed by atoms with Gasteiger partial charge in [0.1, 0.15) is 0 Å². The molecule has 0 saturated carbocycles. The summed E-state index contributed by atoms with van der Waals surface area (Å²) < 4.78 is 0. The number of hydrogen-bond acceptors (Lipinski definition) is 7. The van der Waals surface area contributed by atoms with Crippen molar-refractivity contribution in [3.05, 3.63) is 0 Å². The first-order chi connectivity index (χ1) is 14.0. The molecule has 0 unspecified atom stereocenters. The second-order valence-electron chi connectivity index (χ2n) is 7.34. The molecular formula is C20H45N7O2. The molecule has 9 nitrogen and oxygen atoms in total. The third kappa shape index (κ3) is 13.6. The first-order valence-electron chi connectivity index (χ1n) is 10.9. The molecule has 0 spiro atoms. The lowest BCUT2D eigenvalue weighted by molar-refractivity contribution is -0.123. The summed E-state index contributed by atoms with van der Waals surface area (Å²) in [6.45, 7) is 3.05. The average Bonchev–Trinajstić information content (AvgIpc) is 2.73. The van der Waals surface area contributed by atoms with Crippen molar-refractivity contribution < 1.29 is 9.59 Å². The van der Waals surface area contributed by atoms with Crippen molar-refractivity contribution in [1.29, 1.82) is 0 Å². The van der Waals surface area contributed by atoms with Gasteiger partial charge in [-0.15, -0.1) is 0 Å². The third-order valence-corrected chi connectivity index (χ3v) is 5.13. The van der Waals surface area contributed by atoms with E-state index < -0.39 is 0 Å². The molecule has 0 heterocycles. The highest BCUT2D eigenvalue weighted by Gasteiger charge is 2.18. The lowest BCUT2D eigenvalue weighted by Gasteiger charge is -2.21. The number of rotatable bonds is 19. The minimum Gasteiger partial charge on any atom is -0.355 e.